The first kappa shape index (κ1) is 19.8. The zero-order chi connectivity index (χ0) is 20.3. The van der Waals surface area contributed by atoms with E-state index in [0.29, 0.717) is 19.1 Å². The fraction of sp³-hybridized carbons (Fsp3) is 0.429. The average Bonchev–Trinajstić information content (AvgIpc) is 3.21. The molecule has 7 nitrogen and oxygen atoms in total. The van der Waals surface area contributed by atoms with Crippen molar-refractivity contribution in [3.05, 3.63) is 47.0 Å². The molecule has 0 saturated carbocycles. The fourth-order valence-electron chi connectivity index (χ4n) is 3.26. The highest BCUT2D eigenvalue weighted by molar-refractivity contribution is 5.84. The number of benzene rings is 1. The third-order valence-electron chi connectivity index (χ3n) is 4.92. The van der Waals surface area contributed by atoms with E-state index in [9.17, 15) is 0 Å². The molecular formula is C21H29N5O2. The molecule has 0 bridgehead atoms. The molecule has 2 aromatic heterocycles. The van der Waals surface area contributed by atoms with Crippen molar-refractivity contribution in [1.82, 2.24) is 20.4 Å². The van der Waals surface area contributed by atoms with Gasteiger partial charge < -0.3 is 19.8 Å². The standard InChI is InChI=1S/C21H29N5O2/c1-7-27-18-10-8-9-16-11-19(28-20(16)18)14(3)24-21(22-5)23-12-17-13(2)25-26(6)15(17)4/h8-11,14H,7,12H2,1-6H3,(H2,22,23,24). The Morgan fingerprint density at radius 1 is 1.36 bits per heavy atom. The molecule has 0 amide bonds. The van der Waals surface area contributed by atoms with Gasteiger partial charge in [-0.1, -0.05) is 12.1 Å². The van der Waals surface area contributed by atoms with E-state index < -0.39 is 0 Å². The van der Waals surface area contributed by atoms with Crippen LogP contribution in [0.1, 0.15) is 42.6 Å². The Labute approximate surface area is 165 Å². The van der Waals surface area contributed by atoms with Gasteiger partial charge in [0.2, 0.25) is 0 Å². The number of nitrogens with zero attached hydrogens (tertiary/aromatic N) is 3. The summed E-state index contributed by atoms with van der Waals surface area (Å²) in [6.45, 7) is 9.37. The maximum Gasteiger partial charge on any atom is 0.191 e. The number of para-hydroxylation sites is 1. The van der Waals surface area contributed by atoms with Gasteiger partial charge in [-0.3, -0.25) is 9.67 Å². The van der Waals surface area contributed by atoms with Gasteiger partial charge >= 0.3 is 0 Å². The van der Waals surface area contributed by atoms with Crippen molar-refractivity contribution >= 4 is 16.9 Å². The number of furan rings is 1. The number of aromatic nitrogens is 2. The van der Waals surface area contributed by atoms with Crippen molar-refractivity contribution in [3.63, 3.8) is 0 Å². The maximum absolute atomic E-state index is 6.08. The minimum absolute atomic E-state index is 0.0517. The lowest BCUT2D eigenvalue weighted by Gasteiger charge is -2.16. The van der Waals surface area contributed by atoms with Crippen LogP contribution in [0.25, 0.3) is 11.0 Å². The van der Waals surface area contributed by atoms with Crippen molar-refractivity contribution in [2.45, 2.75) is 40.3 Å². The van der Waals surface area contributed by atoms with Crippen LogP contribution in [0.4, 0.5) is 0 Å². The number of ether oxygens (including phenoxy) is 1. The van der Waals surface area contributed by atoms with E-state index in [0.717, 1.165) is 33.9 Å². The molecule has 0 radical (unpaired) electrons. The quantitative estimate of drug-likeness (QED) is 0.502. The molecule has 1 aromatic carbocycles. The minimum Gasteiger partial charge on any atom is -0.490 e. The van der Waals surface area contributed by atoms with Crippen LogP contribution < -0.4 is 15.4 Å². The van der Waals surface area contributed by atoms with Crippen molar-refractivity contribution in [2.24, 2.45) is 12.0 Å². The molecule has 0 fully saturated rings. The van der Waals surface area contributed by atoms with E-state index in [4.69, 9.17) is 9.15 Å². The normalized spacial score (nSPS) is 13.0. The highest BCUT2D eigenvalue weighted by Crippen LogP contribution is 2.31. The van der Waals surface area contributed by atoms with E-state index in [2.05, 4.69) is 27.6 Å². The van der Waals surface area contributed by atoms with E-state index in [1.807, 2.05) is 56.8 Å². The van der Waals surface area contributed by atoms with E-state index in [1.165, 1.54) is 5.56 Å². The molecule has 1 atom stereocenters. The Bertz CT molecular complexity index is 986. The first-order valence-corrected chi connectivity index (χ1v) is 9.56. The summed E-state index contributed by atoms with van der Waals surface area (Å²) in [5.41, 5.74) is 4.13. The molecule has 7 heteroatoms. The zero-order valence-electron chi connectivity index (χ0n) is 17.5. The smallest absolute Gasteiger partial charge is 0.191 e. The first-order chi connectivity index (χ1) is 13.4. The molecule has 0 aliphatic carbocycles. The Kier molecular flexibility index (Phi) is 5.92. The lowest BCUT2D eigenvalue weighted by Crippen LogP contribution is -2.38. The molecular weight excluding hydrogens is 354 g/mol. The molecule has 0 aliphatic rings. The fourth-order valence-corrected chi connectivity index (χ4v) is 3.26. The predicted octanol–water partition coefficient (Wildman–Crippen LogP) is 3.61. The molecule has 0 aliphatic heterocycles. The molecule has 150 valence electrons. The Morgan fingerprint density at radius 2 is 2.14 bits per heavy atom. The second-order valence-corrected chi connectivity index (χ2v) is 6.82. The predicted molar refractivity (Wildman–Crippen MR) is 112 cm³/mol. The van der Waals surface area contributed by atoms with Gasteiger partial charge in [0.25, 0.3) is 0 Å². The van der Waals surface area contributed by atoms with Gasteiger partial charge in [0, 0.05) is 37.3 Å². The number of rotatable bonds is 6. The number of fused-ring (bicyclic) bond motifs is 1. The maximum atomic E-state index is 6.08. The van der Waals surface area contributed by atoms with Crippen LogP contribution in [0.15, 0.2) is 33.7 Å². The van der Waals surface area contributed by atoms with Gasteiger partial charge in [-0.25, -0.2) is 0 Å². The Morgan fingerprint density at radius 3 is 2.79 bits per heavy atom. The summed E-state index contributed by atoms with van der Waals surface area (Å²) < 4.78 is 13.6. The van der Waals surface area contributed by atoms with Crippen molar-refractivity contribution in [1.29, 1.82) is 0 Å². The van der Waals surface area contributed by atoms with Crippen molar-refractivity contribution in [3.8, 4) is 5.75 Å². The first-order valence-electron chi connectivity index (χ1n) is 9.56. The van der Waals surface area contributed by atoms with Gasteiger partial charge in [-0.2, -0.15) is 5.10 Å². The van der Waals surface area contributed by atoms with Crippen LogP contribution in [0.3, 0.4) is 0 Å². The summed E-state index contributed by atoms with van der Waals surface area (Å²) >= 11 is 0. The summed E-state index contributed by atoms with van der Waals surface area (Å²) in [7, 11) is 3.72. The van der Waals surface area contributed by atoms with E-state index in [1.54, 1.807) is 7.05 Å². The van der Waals surface area contributed by atoms with E-state index >= 15 is 0 Å². The van der Waals surface area contributed by atoms with Crippen LogP contribution in [0, 0.1) is 13.8 Å². The third-order valence-corrected chi connectivity index (χ3v) is 4.92. The topological polar surface area (TPSA) is 76.6 Å². The van der Waals surface area contributed by atoms with Crippen LogP contribution in [-0.2, 0) is 13.6 Å². The highest BCUT2D eigenvalue weighted by Gasteiger charge is 2.16. The summed E-state index contributed by atoms with van der Waals surface area (Å²) in [6.07, 6.45) is 0. The number of hydrogen-bond donors (Lipinski definition) is 2. The van der Waals surface area contributed by atoms with Gasteiger partial charge in [0.05, 0.1) is 18.3 Å². The molecule has 3 aromatic rings. The SMILES string of the molecule is CCOc1cccc2cc(C(C)NC(=NC)NCc3c(C)nn(C)c3C)oc12. The summed E-state index contributed by atoms with van der Waals surface area (Å²) in [5.74, 6) is 2.31. The van der Waals surface area contributed by atoms with Gasteiger partial charge in [-0.15, -0.1) is 0 Å². The number of nitrogens with one attached hydrogen (secondary N) is 2. The molecule has 2 heterocycles. The second-order valence-electron chi connectivity index (χ2n) is 6.82. The molecule has 3 rings (SSSR count). The minimum atomic E-state index is -0.0517. The van der Waals surface area contributed by atoms with Gasteiger partial charge in [0.15, 0.2) is 17.3 Å². The summed E-state index contributed by atoms with van der Waals surface area (Å²) in [6, 6.07) is 7.92. The van der Waals surface area contributed by atoms with Crippen LogP contribution in [-0.4, -0.2) is 29.4 Å². The Hall–Kier alpha value is -2.96. The second kappa shape index (κ2) is 8.37. The lowest BCUT2D eigenvalue weighted by atomic mass is 10.2. The molecule has 0 spiro atoms. The van der Waals surface area contributed by atoms with Crippen molar-refractivity contribution in [2.75, 3.05) is 13.7 Å². The molecule has 28 heavy (non-hydrogen) atoms. The summed E-state index contributed by atoms with van der Waals surface area (Å²) in [5, 5.41) is 12.2. The largest absolute Gasteiger partial charge is 0.490 e. The lowest BCUT2D eigenvalue weighted by molar-refractivity contribution is 0.336. The molecule has 2 N–H and O–H groups in total. The van der Waals surface area contributed by atoms with E-state index in [-0.39, 0.29) is 6.04 Å². The number of aliphatic imine (C=N–C) groups is 1. The van der Waals surface area contributed by atoms with Crippen LogP contribution >= 0.6 is 0 Å². The van der Waals surface area contributed by atoms with Crippen LogP contribution in [0.2, 0.25) is 0 Å². The number of aryl methyl sites for hydroxylation is 2. The van der Waals surface area contributed by atoms with Crippen molar-refractivity contribution < 1.29 is 9.15 Å². The number of hydrogen-bond acceptors (Lipinski definition) is 4. The monoisotopic (exact) mass is 383 g/mol. The average molecular weight is 383 g/mol. The summed E-state index contributed by atoms with van der Waals surface area (Å²) in [4.78, 5) is 4.34. The molecule has 0 saturated heterocycles. The van der Waals surface area contributed by atoms with Gasteiger partial charge in [-0.05, 0) is 39.8 Å². The van der Waals surface area contributed by atoms with Gasteiger partial charge in [0.1, 0.15) is 5.76 Å². The number of guanidine groups is 1. The zero-order valence-corrected chi connectivity index (χ0v) is 17.5. The highest BCUT2D eigenvalue weighted by atomic mass is 16.5. The van der Waals surface area contributed by atoms with Crippen LogP contribution in [0.5, 0.6) is 5.75 Å². The molecule has 1 unspecified atom stereocenters. The Balaban J connectivity index is 1.71. The third kappa shape index (κ3) is 3.98.